The second-order valence-electron chi connectivity index (χ2n) is 8.72. The number of hydrogen-bond donors (Lipinski definition) is 1. The molecule has 0 atom stereocenters. The number of piperidine rings is 1. The van der Waals surface area contributed by atoms with Crippen molar-refractivity contribution in [1.29, 1.82) is 5.26 Å². The Labute approximate surface area is 203 Å². The third-order valence-corrected chi connectivity index (χ3v) is 6.32. The van der Waals surface area contributed by atoms with Gasteiger partial charge < -0.3 is 14.8 Å². The first-order valence-corrected chi connectivity index (χ1v) is 11.8. The van der Waals surface area contributed by atoms with Crippen molar-refractivity contribution < 1.29 is 4.79 Å². The second kappa shape index (κ2) is 9.85. The van der Waals surface area contributed by atoms with Crippen molar-refractivity contribution in [2.24, 2.45) is 0 Å². The number of hydrogen-bond acceptors (Lipinski definition) is 5. The highest BCUT2D eigenvalue weighted by Crippen LogP contribution is 2.32. The fourth-order valence-electron chi connectivity index (χ4n) is 4.70. The van der Waals surface area contributed by atoms with Crippen molar-refractivity contribution in [2.45, 2.75) is 32.4 Å². The maximum Gasteiger partial charge on any atom is 0.278 e. The molecule has 0 radical (unpaired) electrons. The lowest BCUT2D eigenvalue weighted by molar-refractivity contribution is -0.116. The van der Waals surface area contributed by atoms with Gasteiger partial charge in [0.1, 0.15) is 35.0 Å². The van der Waals surface area contributed by atoms with Crippen LogP contribution in [-0.4, -0.2) is 33.1 Å². The molecule has 2 aromatic heterocycles. The van der Waals surface area contributed by atoms with Crippen molar-refractivity contribution in [3.8, 4) is 6.07 Å². The largest absolute Gasteiger partial charge is 0.357 e. The van der Waals surface area contributed by atoms with E-state index in [-0.39, 0.29) is 18.0 Å². The van der Waals surface area contributed by atoms with Crippen LogP contribution >= 0.6 is 0 Å². The molecule has 5 rings (SSSR count). The smallest absolute Gasteiger partial charge is 0.278 e. The van der Waals surface area contributed by atoms with Gasteiger partial charge in [0.25, 0.3) is 5.56 Å². The van der Waals surface area contributed by atoms with E-state index >= 15 is 0 Å². The average Bonchev–Trinajstić information content (AvgIpc) is 3.21. The minimum atomic E-state index is -0.339. The van der Waals surface area contributed by atoms with Gasteiger partial charge in [0.15, 0.2) is 0 Å². The van der Waals surface area contributed by atoms with E-state index in [1.54, 1.807) is 12.1 Å². The number of anilines is 2. The Hall–Kier alpha value is -4.38. The van der Waals surface area contributed by atoms with E-state index in [0.717, 1.165) is 43.7 Å². The number of carbonyl (C=O) groups excluding carboxylic acids is 1. The number of nitriles is 1. The molecule has 2 aromatic carbocycles. The van der Waals surface area contributed by atoms with E-state index in [1.807, 2.05) is 53.1 Å². The van der Waals surface area contributed by atoms with Crippen molar-refractivity contribution >= 4 is 28.4 Å². The molecule has 1 amide bonds. The quantitative estimate of drug-likeness (QED) is 0.467. The molecule has 0 unspecified atom stereocenters. The first kappa shape index (κ1) is 22.4. The third kappa shape index (κ3) is 4.53. The zero-order valence-electron chi connectivity index (χ0n) is 19.4. The summed E-state index contributed by atoms with van der Waals surface area (Å²) in [4.78, 5) is 33.0. The van der Waals surface area contributed by atoms with Crippen LogP contribution in [0.1, 0.15) is 30.4 Å². The van der Waals surface area contributed by atoms with Crippen LogP contribution in [-0.2, 0) is 17.9 Å². The Kier molecular flexibility index (Phi) is 6.31. The van der Waals surface area contributed by atoms with Crippen molar-refractivity contribution in [3.63, 3.8) is 0 Å². The van der Waals surface area contributed by atoms with E-state index in [1.165, 1.54) is 10.9 Å². The summed E-state index contributed by atoms with van der Waals surface area (Å²) in [6.07, 6.45) is 4.59. The topological polar surface area (TPSA) is 96.0 Å². The third-order valence-electron chi connectivity index (χ3n) is 6.32. The fourth-order valence-corrected chi connectivity index (χ4v) is 4.70. The van der Waals surface area contributed by atoms with Crippen LogP contribution in [0.25, 0.3) is 11.0 Å². The van der Waals surface area contributed by atoms with Gasteiger partial charge in [-0.15, -0.1) is 0 Å². The molecule has 35 heavy (non-hydrogen) atoms. The molecule has 0 aliphatic carbocycles. The van der Waals surface area contributed by atoms with Gasteiger partial charge in [-0.05, 0) is 37.0 Å². The van der Waals surface area contributed by atoms with Gasteiger partial charge in [0.05, 0.1) is 6.33 Å². The number of fused-ring (bicyclic) bond motifs is 1. The Morgan fingerprint density at radius 2 is 1.69 bits per heavy atom. The van der Waals surface area contributed by atoms with Gasteiger partial charge in [-0.1, -0.05) is 48.5 Å². The summed E-state index contributed by atoms with van der Waals surface area (Å²) in [5, 5.41) is 12.9. The molecule has 8 heteroatoms. The van der Waals surface area contributed by atoms with Gasteiger partial charge >= 0.3 is 0 Å². The SMILES string of the molecule is N#Cc1c(N2CCCCC2)n(Cc2ccccc2)c2c(=O)n(CC(=O)Nc3ccccc3)cnc12. The molecule has 3 heterocycles. The number of benzene rings is 2. The molecule has 1 fully saturated rings. The molecule has 1 aliphatic heterocycles. The van der Waals surface area contributed by atoms with Gasteiger partial charge in [0, 0.05) is 25.3 Å². The lowest BCUT2D eigenvalue weighted by Gasteiger charge is -2.30. The highest BCUT2D eigenvalue weighted by atomic mass is 16.2. The average molecular weight is 467 g/mol. The molecule has 1 aliphatic rings. The fraction of sp³-hybridized carbons (Fsp3) is 0.259. The number of nitrogens with one attached hydrogen (secondary N) is 1. The van der Waals surface area contributed by atoms with E-state index in [9.17, 15) is 14.9 Å². The normalized spacial score (nSPS) is 13.5. The molecular weight excluding hydrogens is 440 g/mol. The minimum absolute atomic E-state index is 0.173. The maximum absolute atomic E-state index is 13.7. The number of rotatable bonds is 6. The molecule has 1 N–H and O–H groups in total. The Morgan fingerprint density at radius 1 is 1.00 bits per heavy atom. The lowest BCUT2D eigenvalue weighted by atomic mass is 10.1. The van der Waals surface area contributed by atoms with Gasteiger partial charge in [0.2, 0.25) is 5.91 Å². The second-order valence-corrected chi connectivity index (χ2v) is 8.72. The van der Waals surface area contributed by atoms with E-state index in [4.69, 9.17) is 0 Å². The predicted octanol–water partition coefficient (Wildman–Crippen LogP) is 3.75. The summed E-state index contributed by atoms with van der Waals surface area (Å²) >= 11 is 0. The summed E-state index contributed by atoms with van der Waals surface area (Å²) < 4.78 is 3.22. The Balaban J connectivity index is 1.60. The summed E-state index contributed by atoms with van der Waals surface area (Å²) in [5.41, 5.74) is 2.48. The molecule has 1 saturated heterocycles. The zero-order valence-corrected chi connectivity index (χ0v) is 19.4. The van der Waals surface area contributed by atoms with Crippen molar-refractivity contribution in [2.75, 3.05) is 23.3 Å². The van der Waals surface area contributed by atoms with Crippen molar-refractivity contribution in [3.05, 3.63) is 88.5 Å². The predicted molar refractivity (Wildman–Crippen MR) is 135 cm³/mol. The van der Waals surface area contributed by atoms with Crippen LogP contribution < -0.4 is 15.8 Å². The molecule has 8 nitrogen and oxygen atoms in total. The first-order chi connectivity index (χ1) is 17.2. The summed E-state index contributed by atoms with van der Waals surface area (Å²) in [7, 11) is 0. The monoisotopic (exact) mass is 466 g/mol. The van der Waals surface area contributed by atoms with Crippen molar-refractivity contribution in [1.82, 2.24) is 14.1 Å². The highest BCUT2D eigenvalue weighted by Gasteiger charge is 2.27. The molecule has 176 valence electrons. The van der Waals surface area contributed by atoms with Gasteiger partial charge in [-0.2, -0.15) is 5.26 Å². The van der Waals surface area contributed by atoms with Crippen LogP contribution in [0, 0.1) is 11.3 Å². The summed E-state index contributed by atoms with van der Waals surface area (Å²) in [6, 6.07) is 21.3. The molecule has 0 spiro atoms. The standard InChI is InChI=1S/C27H26N6O2/c28-16-22-24-25(27(35)32(19-29-24)18-23(34)30-21-12-6-2-7-13-21)33(17-20-10-4-1-5-11-20)26(22)31-14-8-3-9-15-31/h1-2,4-7,10-13,19H,3,8-9,14-15,17-18H2,(H,30,34). The van der Waals surface area contributed by atoms with Crippen LogP contribution in [0.3, 0.4) is 0 Å². The van der Waals surface area contributed by atoms with E-state index in [0.29, 0.717) is 28.8 Å². The summed E-state index contributed by atoms with van der Waals surface area (Å²) in [6.45, 7) is 1.91. The Bertz CT molecular complexity index is 1440. The molecule has 0 saturated carbocycles. The van der Waals surface area contributed by atoms with Crippen LogP contribution in [0.2, 0.25) is 0 Å². The molecular formula is C27H26N6O2. The first-order valence-electron chi connectivity index (χ1n) is 11.8. The lowest BCUT2D eigenvalue weighted by Crippen LogP contribution is -2.32. The number of para-hydroxylation sites is 1. The van der Waals surface area contributed by atoms with Crippen LogP contribution in [0.5, 0.6) is 0 Å². The summed E-state index contributed by atoms with van der Waals surface area (Å²) in [5.74, 6) is 0.416. The number of amides is 1. The zero-order chi connectivity index (χ0) is 24.2. The highest BCUT2D eigenvalue weighted by molar-refractivity contribution is 5.92. The Morgan fingerprint density at radius 3 is 2.37 bits per heavy atom. The van der Waals surface area contributed by atoms with Crippen LogP contribution in [0.4, 0.5) is 11.5 Å². The van der Waals surface area contributed by atoms with E-state index < -0.39 is 0 Å². The molecule has 4 aromatic rings. The molecule has 0 bridgehead atoms. The minimum Gasteiger partial charge on any atom is -0.357 e. The maximum atomic E-state index is 13.7. The van der Waals surface area contributed by atoms with Crippen LogP contribution in [0.15, 0.2) is 71.8 Å². The van der Waals surface area contributed by atoms with Gasteiger partial charge in [-0.3, -0.25) is 14.2 Å². The van der Waals surface area contributed by atoms with Gasteiger partial charge in [-0.25, -0.2) is 4.98 Å². The number of carbonyl (C=O) groups is 1. The van der Waals surface area contributed by atoms with E-state index in [2.05, 4.69) is 21.3 Å². The number of nitrogens with zero attached hydrogens (tertiary/aromatic N) is 5. The number of aromatic nitrogens is 3.